The van der Waals surface area contributed by atoms with Crippen LogP contribution in [0.1, 0.15) is 0 Å². The fraction of sp³-hybridized carbons (Fsp3) is 0.222. The average molecular weight is 183 g/mol. The SMILES string of the molecule is CN(CC=O)c1ccc(O)cc1F. The minimum absolute atomic E-state index is 0.124. The number of halogens is 1. The zero-order valence-corrected chi connectivity index (χ0v) is 7.20. The maximum absolute atomic E-state index is 13.1. The van der Waals surface area contributed by atoms with Crippen molar-refractivity contribution in [3.63, 3.8) is 0 Å². The van der Waals surface area contributed by atoms with Crippen LogP contribution in [0.2, 0.25) is 0 Å². The maximum Gasteiger partial charge on any atom is 0.150 e. The summed E-state index contributed by atoms with van der Waals surface area (Å²) in [6, 6.07) is 3.81. The number of aromatic hydroxyl groups is 1. The van der Waals surface area contributed by atoms with Gasteiger partial charge in [0.05, 0.1) is 12.2 Å². The lowest BCUT2D eigenvalue weighted by Crippen LogP contribution is -2.20. The van der Waals surface area contributed by atoms with E-state index >= 15 is 0 Å². The molecule has 0 aliphatic carbocycles. The number of hydrogen-bond acceptors (Lipinski definition) is 3. The summed E-state index contributed by atoms with van der Waals surface area (Å²) >= 11 is 0. The molecule has 0 amide bonds. The van der Waals surface area contributed by atoms with Gasteiger partial charge in [-0.15, -0.1) is 0 Å². The molecule has 0 aliphatic rings. The summed E-state index contributed by atoms with van der Waals surface area (Å²) in [5, 5.41) is 8.92. The highest BCUT2D eigenvalue weighted by Crippen LogP contribution is 2.21. The lowest BCUT2D eigenvalue weighted by molar-refractivity contribution is -0.106. The number of carbonyl (C=O) groups excluding carboxylic acids is 1. The molecule has 13 heavy (non-hydrogen) atoms. The lowest BCUT2D eigenvalue weighted by Gasteiger charge is -2.16. The van der Waals surface area contributed by atoms with Gasteiger partial charge in [0.1, 0.15) is 17.9 Å². The monoisotopic (exact) mass is 183 g/mol. The van der Waals surface area contributed by atoms with Crippen molar-refractivity contribution in [2.75, 3.05) is 18.5 Å². The number of likely N-dealkylation sites (N-methyl/N-ethyl adjacent to an activating group) is 1. The van der Waals surface area contributed by atoms with Gasteiger partial charge in [-0.25, -0.2) is 4.39 Å². The molecule has 1 rings (SSSR count). The first-order valence-electron chi connectivity index (χ1n) is 3.78. The van der Waals surface area contributed by atoms with Gasteiger partial charge < -0.3 is 14.8 Å². The van der Waals surface area contributed by atoms with E-state index in [1.54, 1.807) is 7.05 Å². The van der Waals surface area contributed by atoms with Gasteiger partial charge in [0.2, 0.25) is 0 Å². The Bertz CT molecular complexity index is 314. The number of carbonyl (C=O) groups is 1. The van der Waals surface area contributed by atoms with Crippen LogP contribution in [-0.2, 0) is 4.79 Å². The van der Waals surface area contributed by atoms with Gasteiger partial charge >= 0.3 is 0 Å². The molecule has 0 radical (unpaired) electrons. The second kappa shape index (κ2) is 3.89. The van der Waals surface area contributed by atoms with Crippen LogP contribution in [0.5, 0.6) is 5.75 Å². The average Bonchev–Trinajstić information content (AvgIpc) is 2.04. The van der Waals surface area contributed by atoms with Crippen molar-refractivity contribution in [3.05, 3.63) is 24.0 Å². The first-order valence-corrected chi connectivity index (χ1v) is 3.78. The minimum atomic E-state index is -0.538. The van der Waals surface area contributed by atoms with Gasteiger partial charge in [-0.3, -0.25) is 0 Å². The van der Waals surface area contributed by atoms with E-state index in [1.807, 2.05) is 0 Å². The Hall–Kier alpha value is -1.58. The topological polar surface area (TPSA) is 40.5 Å². The molecule has 0 heterocycles. The molecule has 0 bridgehead atoms. The zero-order valence-electron chi connectivity index (χ0n) is 7.20. The molecule has 1 aromatic rings. The Morgan fingerprint density at radius 1 is 1.62 bits per heavy atom. The van der Waals surface area contributed by atoms with Crippen LogP contribution in [0, 0.1) is 5.82 Å². The smallest absolute Gasteiger partial charge is 0.150 e. The molecule has 70 valence electrons. The molecule has 4 heteroatoms. The summed E-state index contributed by atoms with van der Waals surface area (Å²) in [6.07, 6.45) is 0.687. The van der Waals surface area contributed by atoms with E-state index in [2.05, 4.69) is 0 Å². The Kier molecular flexibility index (Phi) is 2.84. The van der Waals surface area contributed by atoms with E-state index in [0.717, 1.165) is 6.07 Å². The third-order valence-electron chi connectivity index (χ3n) is 1.69. The molecular weight excluding hydrogens is 173 g/mol. The summed E-state index contributed by atoms with van der Waals surface area (Å²) in [6.45, 7) is 0.127. The molecule has 1 aromatic carbocycles. The van der Waals surface area contributed by atoms with Crippen LogP contribution in [0.25, 0.3) is 0 Å². The normalized spacial score (nSPS) is 9.69. The maximum atomic E-state index is 13.1. The highest BCUT2D eigenvalue weighted by Gasteiger charge is 2.06. The van der Waals surface area contributed by atoms with Crippen molar-refractivity contribution in [2.24, 2.45) is 0 Å². The van der Waals surface area contributed by atoms with Gasteiger partial charge in [-0.1, -0.05) is 0 Å². The van der Waals surface area contributed by atoms with E-state index in [9.17, 15) is 9.18 Å². The quantitative estimate of drug-likeness (QED) is 0.715. The highest BCUT2D eigenvalue weighted by molar-refractivity contribution is 5.61. The molecule has 0 spiro atoms. The van der Waals surface area contributed by atoms with Gasteiger partial charge in [0.25, 0.3) is 0 Å². The molecular formula is C9H10FNO2. The van der Waals surface area contributed by atoms with Crippen molar-refractivity contribution in [1.29, 1.82) is 0 Å². The van der Waals surface area contributed by atoms with Crippen LogP contribution in [0.4, 0.5) is 10.1 Å². The zero-order chi connectivity index (χ0) is 9.84. The fourth-order valence-electron chi connectivity index (χ4n) is 1.02. The fourth-order valence-corrected chi connectivity index (χ4v) is 1.02. The number of hydrogen-bond donors (Lipinski definition) is 1. The summed E-state index contributed by atoms with van der Waals surface area (Å²) in [4.78, 5) is 11.6. The molecule has 0 unspecified atom stereocenters. The number of nitrogens with zero attached hydrogens (tertiary/aromatic N) is 1. The standard InChI is InChI=1S/C9H10FNO2/c1-11(4-5-12)9-3-2-7(13)6-8(9)10/h2-3,5-6,13H,4H2,1H3. The number of anilines is 1. The van der Waals surface area contributed by atoms with Gasteiger partial charge in [-0.2, -0.15) is 0 Å². The van der Waals surface area contributed by atoms with Crippen LogP contribution in [0.15, 0.2) is 18.2 Å². The Morgan fingerprint density at radius 2 is 2.31 bits per heavy atom. The second-order valence-electron chi connectivity index (χ2n) is 2.68. The van der Waals surface area contributed by atoms with E-state index < -0.39 is 5.82 Å². The van der Waals surface area contributed by atoms with Crippen molar-refractivity contribution < 1.29 is 14.3 Å². The Balaban J connectivity index is 2.94. The lowest BCUT2D eigenvalue weighted by atomic mass is 10.2. The van der Waals surface area contributed by atoms with E-state index in [0.29, 0.717) is 12.0 Å². The summed E-state index contributed by atoms with van der Waals surface area (Å²) in [5.41, 5.74) is 0.296. The number of benzene rings is 1. The van der Waals surface area contributed by atoms with E-state index in [-0.39, 0.29) is 12.3 Å². The van der Waals surface area contributed by atoms with Gasteiger partial charge in [0, 0.05) is 13.1 Å². The third-order valence-corrected chi connectivity index (χ3v) is 1.69. The van der Waals surface area contributed by atoms with Crippen LogP contribution in [-0.4, -0.2) is 25.0 Å². The number of aldehydes is 1. The summed E-state index contributed by atoms with van der Waals surface area (Å²) in [5.74, 6) is -0.662. The number of phenolic OH excluding ortho intramolecular Hbond substituents is 1. The van der Waals surface area contributed by atoms with Crippen molar-refractivity contribution >= 4 is 12.0 Å². The van der Waals surface area contributed by atoms with Crippen molar-refractivity contribution in [3.8, 4) is 5.75 Å². The predicted molar refractivity (Wildman–Crippen MR) is 47.4 cm³/mol. The van der Waals surface area contributed by atoms with Crippen molar-refractivity contribution in [2.45, 2.75) is 0 Å². The predicted octanol–water partition coefficient (Wildman–Crippen LogP) is 1.17. The Morgan fingerprint density at radius 3 is 2.85 bits per heavy atom. The van der Waals surface area contributed by atoms with Gasteiger partial charge in [0.15, 0.2) is 0 Å². The van der Waals surface area contributed by atoms with E-state index in [4.69, 9.17) is 5.11 Å². The largest absolute Gasteiger partial charge is 0.508 e. The van der Waals surface area contributed by atoms with E-state index in [1.165, 1.54) is 17.0 Å². The molecule has 0 aliphatic heterocycles. The first kappa shape index (κ1) is 9.51. The Labute approximate surface area is 75.4 Å². The minimum Gasteiger partial charge on any atom is -0.508 e. The molecule has 0 saturated carbocycles. The summed E-state index contributed by atoms with van der Waals surface area (Å²) < 4.78 is 13.1. The second-order valence-corrected chi connectivity index (χ2v) is 2.68. The van der Waals surface area contributed by atoms with Crippen molar-refractivity contribution in [1.82, 2.24) is 0 Å². The molecule has 3 nitrogen and oxygen atoms in total. The van der Waals surface area contributed by atoms with Crippen LogP contribution < -0.4 is 4.90 Å². The third kappa shape index (κ3) is 2.18. The molecule has 1 N–H and O–H groups in total. The van der Waals surface area contributed by atoms with Crippen LogP contribution >= 0.6 is 0 Å². The molecule has 0 atom stereocenters. The molecule has 0 aromatic heterocycles. The number of phenols is 1. The van der Waals surface area contributed by atoms with Crippen LogP contribution in [0.3, 0.4) is 0 Å². The number of rotatable bonds is 3. The summed E-state index contributed by atoms with van der Waals surface area (Å²) in [7, 11) is 1.60. The molecule has 0 saturated heterocycles. The first-order chi connectivity index (χ1) is 6.15. The van der Waals surface area contributed by atoms with Gasteiger partial charge in [-0.05, 0) is 12.1 Å². The molecule has 0 fully saturated rings. The highest BCUT2D eigenvalue weighted by atomic mass is 19.1.